The number of ether oxygens (including phenoxy) is 2. The molecule has 0 aliphatic carbocycles. The molecule has 0 spiro atoms. The second kappa shape index (κ2) is 9.74. The van der Waals surface area contributed by atoms with Crippen molar-refractivity contribution >= 4 is 35.0 Å². The molecule has 1 aromatic carbocycles. The van der Waals surface area contributed by atoms with Crippen molar-refractivity contribution in [3.8, 4) is 16.9 Å². The topological polar surface area (TPSA) is 99.8 Å². The number of hydrogen-bond acceptors (Lipinski definition) is 7. The van der Waals surface area contributed by atoms with Gasteiger partial charge in [0, 0.05) is 12.4 Å². The van der Waals surface area contributed by atoms with Gasteiger partial charge in [-0.15, -0.1) is 0 Å². The average molecular weight is 468 g/mol. The summed E-state index contributed by atoms with van der Waals surface area (Å²) in [4.78, 5) is 29.5. The zero-order valence-corrected chi connectivity index (χ0v) is 18.9. The summed E-state index contributed by atoms with van der Waals surface area (Å²) in [5.74, 6) is -0.529. The van der Waals surface area contributed by atoms with Crippen molar-refractivity contribution in [2.45, 2.75) is 13.8 Å². The van der Waals surface area contributed by atoms with E-state index in [0.717, 1.165) is 5.69 Å². The zero-order valence-electron chi connectivity index (χ0n) is 18.1. The van der Waals surface area contributed by atoms with Gasteiger partial charge in [0.05, 0.1) is 29.5 Å². The molecule has 9 nitrogen and oxygen atoms in total. The number of carbonyl (C=O) groups is 2. The number of benzene rings is 1. The van der Waals surface area contributed by atoms with Crippen LogP contribution in [0.1, 0.15) is 24.3 Å². The first-order valence-electron chi connectivity index (χ1n) is 10.4. The monoisotopic (exact) mass is 467 g/mol. The van der Waals surface area contributed by atoms with Crippen molar-refractivity contribution in [1.29, 1.82) is 0 Å². The molecule has 0 unspecified atom stereocenters. The third-order valence-corrected chi connectivity index (χ3v) is 4.97. The molecule has 1 N–H and O–H groups in total. The standard InChI is InChI=1S/C23H22ClN5O4/c1-3-32-19(30)12-25-22-20(26-18-11-10-15(24)13-28(18)22)17-14-29(16-8-6-5-7-9-16)27-21(17)23(31)33-4-2/h5-11,13-14,25H,3-4,12H2,1-2H3. The summed E-state index contributed by atoms with van der Waals surface area (Å²) in [5.41, 5.74) is 2.31. The molecule has 3 aromatic heterocycles. The predicted molar refractivity (Wildman–Crippen MR) is 124 cm³/mol. The Labute approximate surface area is 194 Å². The van der Waals surface area contributed by atoms with Crippen LogP contribution < -0.4 is 5.32 Å². The lowest BCUT2D eigenvalue weighted by molar-refractivity contribution is -0.140. The number of halogens is 1. The Bertz CT molecular complexity index is 1300. The number of carbonyl (C=O) groups excluding carboxylic acids is 2. The maximum absolute atomic E-state index is 12.8. The number of anilines is 1. The van der Waals surface area contributed by atoms with Crippen LogP contribution in [0.4, 0.5) is 5.82 Å². The number of pyridine rings is 1. The lowest BCUT2D eigenvalue weighted by Gasteiger charge is -2.08. The molecule has 3 heterocycles. The SMILES string of the molecule is CCOC(=O)CNc1c(-c2cn(-c3ccccc3)nc2C(=O)OCC)nc2ccc(Cl)cn12. The molecule has 0 atom stereocenters. The predicted octanol–water partition coefficient (Wildman–Crippen LogP) is 3.99. The highest BCUT2D eigenvalue weighted by Crippen LogP contribution is 2.33. The number of imidazole rings is 1. The number of aromatic nitrogens is 4. The number of hydrogen-bond donors (Lipinski definition) is 1. The Morgan fingerprint density at radius 1 is 1.03 bits per heavy atom. The summed E-state index contributed by atoms with van der Waals surface area (Å²) in [6.45, 7) is 3.84. The average Bonchev–Trinajstić information content (AvgIpc) is 3.40. The Morgan fingerprint density at radius 2 is 1.79 bits per heavy atom. The van der Waals surface area contributed by atoms with Gasteiger partial charge in [-0.25, -0.2) is 14.5 Å². The van der Waals surface area contributed by atoms with Gasteiger partial charge in [-0.05, 0) is 38.1 Å². The molecule has 0 amide bonds. The van der Waals surface area contributed by atoms with Gasteiger partial charge in [-0.2, -0.15) is 5.10 Å². The van der Waals surface area contributed by atoms with Crippen LogP contribution >= 0.6 is 11.6 Å². The van der Waals surface area contributed by atoms with E-state index >= 15 is 0 Å². The Balaban J connectivity index is 1.88. The van der Waals surface area contributed by atoms with Crippen molar-refractivity contribution < 1.29 is 19.1 Å². The number of nitrogens with one attached hydrogen (secondary N) is 1. The van der Waals surface area contributed by atoms with Gasteiger partial charge >= 0.3 is 11.9 Å². The molecule has 10 heteroatoms. The van der Waals surface area contributed by atoms with E-state index in [4.69, 9.17) is 21.1 Å². The molecule has 170 valence electrons. The Hall–Kier alpha value is -3.85. The first-order chi connectivity index (χ1) is 16.0. The van der Waals surface area contributed by atoms with E-state index < -0.39 is 11.9 Å². The largest absolute Gasteiger partial charge is 0.465 e. The van der Waals surface area contributed by atoms with Gasteiger partial charge in [0.15, 0.2) is 5.69 Å². The van der Waals surface area contributed by atoms with E-state index in [-0.39, 0.29) is 25.5 Å². The van der Waals surface area contributed by atoms with E-state index in [0.29, 0.717) is 27.7 Å². The van der Waals surface area contributed by atoms with E-state index in [1.165, 1.54) is 0 Å². The highest BCUT2D eigenvalue weighted by molar-refractivity contribution is 6.30. The van der Waals surface area contributed by atoms with E-state index in [1.807, 2.05) is 30.3 Å². The second-order valence-electron chi connectivity index (χ2n) is 6.94. The van der Waals surface area contributed by atoms with E-state index in [1.54, 1.807) is 47.5 Å². The quantitative estimate of drug-likeness (QED) is 0.391. The molecule has 0 fully saturated rings. The van der Waals surface area contributed by atoms with Crippen LogP contribution in [0, 0.1) is 0 Å². The summed E-state index contributed by atoms with van der Waals surface area (Å²) < 4.78 is 13.6. The van der Waals surface area contributed by atoms with Crippen molar-refractivity contribution in [2.75, 3.05) is 25.1 Å². The highest BCUT2D eigenvalue weighted by atomic mass is 35.5. The van der Waals surface area contributed by atoms with Crippen LogP contribution in [0.15, 0.2) is 54.9 Å². The fraction of sp³-hybridized carbons (Fsp3) is 0.217. The van der Waals surface area contributed by atoms with Crippen molar-refractivity contribution in [1.82, 2.24) is 19.2 Å². The van der Waals surface area contributed by atoms with Crippen molar-refractivity contribution in [3.05, 3.63) is 65.6 Å². The zero-order chi connectivity index (χ0) is 23.4. The second-order valence-corrected chi connectivity index (χ2v) is 7.37. The maximum Gasteiger partial charge on any atom is 0.359 e. The molecule has 0 saturated carbocycles. The summed E-state index contributed by atoms with van der Waals surface area (Å²) >= 11 is 6.21. The summed E-state index contributed by atoms with van der Waals surface area (Å²) in [7, 11) is 0. The van der Waals surface area contributed by atoms with Gasteiger partial charge in [-0.3, -0.25) is 9.20 Å². The number of nitrogens with zero attached hydrogens (tertiary/aromatic N) is 4. The molecule has 4 aromatic rings. The molecular formula is C23H22ClN5O4. The fourth-order valence-corrected chi connectivity index (χ4v) is 3.51. The van der Waals surface area contributed by atoms with E-state index in [9.17, 15) is 9.59 Å². The van der Waals surface area contributed by atoms with Crippen LogP contribution in [-0.4, -0.2) is 50.9 Å². The Morgan fingerprint density at radius 3 is 2.52 bits per heavy atom. The number of fused-ring (bicyclic) bond motifs is 1. The minimum absolute atomic E-state index is 0.0945. The molecule has 0 radical (unpaired) electrons. The molecule has 0 aliphatic heterocycles. The van der Waals surface area contributed by atoms with Crippen LogP contribution in [0.5, 0.6) is 0 Å². The third kappa shape index (κ3) is 4.68. The van der Waals surface area contributed by atoms with Crippen LogP contribution in [0.2, 0.25) is 5.02 Å². The van der Waals surface area contributed by atoms with Crippen LogP contribution in [-0.2, 0) is 14.3 Å². The normalized spacial score (nSPS) is 10.9. The van der Waals surface area contributed by atoms with Gasteiger partial charge in [0.1, 0.15) is 23.7 Å². The van der Waals surface area contributed by atoms with E-state index in [2.05, 4.69) is 15.4 Å². The maximum atomic E-state index is 12.8. The van der Waals surface area contributed by atoms with Crippen LogP contribution in [0.25, 0.3) is 22.6 Å². The fourth-order valence-electron chi connectivity index (χ4n) is 3.35. The molecule has 0 bridgehead atoms. The molecule has 33 heavy (non-hydrogen) atoms. The number of para-hydroxylation sites is 1. The first kappa shape index (κ1) is 22.3. The third-order valence-electron chi connectivity index (χ3n) is 4.75. The van der Waals surface area contributed by atoms with Crippen molar-refractivity contribution in [3.63, 3.8) is 0 Å². The minimum atomic E-state index is -0.575. The van der Waals surface area contributed by atoms with Gasteiger partial charge in [0.2, 0.25) is 0 Å². The smallest absolute Gasteiger partial charge is 0.359 e. The summed E-state index contributed by atoms with van der Waals surface area (Å²) in [6, 6.07) is 12.8. The lowest BCUT2D eigenvalue weighted by Crippen LogP contribution is -2.18. The lowest BCUT2D eigenvalue weighted by atomic mass is 10.2. The van der Waals surface area contributed by atoms with Crippen molar-refractivity contribution in [2.24, 2.45) is 0 Å². The van der Waals surface area contributed by atoms with Gasteiger partial charge in [0.25, 0.3) is 0 Å². The number of esters is 2. The van der Waals surface area contributed by atoms with Gasteiger partial charge in [-0.1, -0.05) is 29.8 Å². The molecule has 0 aliphatic rings. The molecule has 0 saturated heterocycles. The molecule has 4 rings (SSSR count). The first-order valence-corrected chi connectivity index (χ1v) is 10.8. The van der Waals surface area contributed by atoms with Crippen LogP contribution in [0.3, 0.4) is 0 Å². The number of rotatable bonds is 8. The minimum Gasteiger partial charge on any atom is -0.465 e. The summed E-state index contributed by atoms with van der Waals surface area (Å²) in [5, 5.41) is 8.03. The Kier molecular flexibility index (Phi) is 6.60. The van der Waals surface area contributed by atoms with Gasteiger partial charge < -0.3 is 14.8 Å². The summed E-state index contributed by atoms with van der Waals surface area (Å²) in [6.07, 6.45) is 3.38. The molecular weight excluding hydrogens is 446 g/mol. The highest BCUT2D eigenvalue weighted by Gasteiger charge is 2.25.